The predicted octanol–water partition coefficient (Wildman–Crippen LogP) is 1.21. The van der Waals surface area contributed by atoms with Crippen LogP contribution in [0.15, 0.2) is 24.3 Å². The summed E-state index contributed by atoms with van der Waals surface area (Å²) in [5.74, 6) is -0.153. The molecule has 0 saturated carbocycles. The van der Waals surface area contributed by atoms with E-state index in [1.165, 1.54) is 12.1 Å². The zero-order valence-electron chi connectivity index (χ0n) is 5.65. The van der Waals surface area contributed by atoms with Gasteiger partial charge in [0, 0.05) is 0 Å². The van der Waals surface area contributed by atoms with Crippen molar-refractivity contribution in [2.75, 3.05) is 0 Å². The minimum Gasteiger partial charge on any atom is -0.504 e. The van der Waals surface area contributed by atoms with Gasteiger partial charge >= 0.3 is 0 Å². The molecule has 1 aromatic carbocycles. The van der Waals surface area contributed by atoms with Gasteiger partial charge in [0.1, 0.15) is 11.1 Å². The smallest absolute Gasteiger partial charge is 0.211 e. The van der Waals surface area contributed by atoms with Gasteiger partial charge in [0.15, 0.2) is 11.5 Å². The van der Waals surface area contributed by atoms with Crippen LogP contribution in [0.5, 0.6) is 11.5 Å². The van der Waals surface area contributed by atoms with Crippen LogP contribution in [0.1, 0.15) is 0 Å². The number of nitrogens with one attached hydrogen (secondary N) is 2. The van der Waals surface area contributed by atoms with E-state index in [9.17, 15) is 0 Å². The maximum Gasteiger partial charge on any atom is 0.211 e. The maximum absolute atomic E-state index is 8.67. The van der Waals surface area contributed by atoms with E-state index >= 15 is 0 Å². The van der Waals surface area contributed by atoms with Gasteiger partial charge in [-0.2, -0.15) is 0 Å². The number of nitrogens with zero attached hydrogens (tertiary/aromatic N) is 1. The molecule has 1 rings (SSSR count). The highest BCUT2D eigenvalue weighted by Gasteiger charge is 1.90. The molecule has 0 unspecified atom stereocenters. The molecule has 0 bridgehead atoms. The van der Waals surface area contributed by atoms with E-state index in [4.69, 9.17) is 21.3 Å². The first-order chi connectivity index (χ1) is 5.22. The first-order valence-corrected chi connectivity index (χ1v) is 2.72. The van der Waals surface area contributed by atoms with Gasteiger partial charge in [-0.1, -0.05) is 12.1 Å². The van der Waals surface area contributed by atoms with Crippen LogP contribution in [0.2, 0.25) is 0 Å². The molecule has 0 fully saturated rings. The molecule has 1 aromatic rings. The fraction of sp³-hybridized carbons (Fsp3) is 0. The summed E-state index contributed by atoms with van der Waals surface area (Å²) in [6.45, 7) is 0. The van der Waals surface area contributed by atoms with Crippen LogP contribution in [0.3, 0.4) is 0 Å². The second kappa shape index (κ2) is 4.96. The Hall–Kier alpha value is -1.87. The van der Waals surface area contributed by atoms with E-state index < -0.39 is 0 Å². The molecule has 0 heterocycles. The number of benzene rings is 1. The number of aromatic hydroxyl groups is 2. The van der Waals surface area contributed by atoms with E-state index in [2.05, 4.69) is 0 Å². The van der Waals surface area contributed by atoms with Gasteiger partial charge in [0.25, 0.3) is 0 Å². The lowest BCUT2D eigenvalue weighted by Crippen LogP contribution is -1.63. The third kappa shape index (κ3) is 3.66. The van der Waals surface area contributed by atoms with Crippen LogP contribution < -0.4 is 4.91 Å². The first-order valence-electron chi connectivity index (χ1n) is 2.72. The topological polar surface area (TPSA) is 102 Å². The van der Waals surface area contributed by atoms with Gasteiger partial charge in [-0.25, -0.2) is 0 Å². The third-order valence-electron chi connectivity index (χ3n) is 0.882. The van der Waals surface area contributed by atoms with Gasteiger partial charge in [-0.3, -0.25) is 0 Å². The second-order valence-corrected chi connectivity index (χ2v) is 1.60. The summed E-state index contributed by atoms with van der Waals surface area (Å²) < 4.78 is 0. The Bertz CT molecular complexity index is 235. The Balaban J connectivity index is 0.000000292. The van der Waals surface area contributed by atoms with E-state index in [0.29, 0.717) is 0 Å². The summed E-state index contributed by atoms with van der Waals surface area (Å²) in [4.78, 5) is 2.00. The lowest BCUT2D eigenvalue weighted by atomic mass is 10.3. The Kier molecular flexibility index (Phi) is 4.12. The van der Waals surface area contributed by atoms with Crippen molar-refractivity contribution >= 4 is 0 Å². The molecule has 0 aliphatic carbocycles. The molecule has 5 heteroatoms. The number of rotatable bonds is 0. The highest BCUT2D eigenvalue weighted by Crippen LogP contribution is 2.21. The summed E-state index contributed by atoms with van der Waals surface area (Å²) in [5, 5.41) is 17.3. The second-order valence-electron chi connectivity index (χ2n) is 1.60. The molecule has 0 aliphatic rings. The molecule has 58 valence electrons. The maximum atomic E-state index is 8.67. The van der Waals surface area contributed by atoms with Crippen molar-refractivity contribution < 1.29 is 10.2 Å². The van der Waals surface area contributed by atoms with E-state index in [1.54, 1.807) is 12.1 Å². The molecule has 0 spiro atoms. The highest BCUT2D eigenvalue weighted by atomic mass is 16.3. The molecule has 5 nitrogen and oxygen atoms in total. The summed E-state index contributed by atoms with van der Waals surface area (Å²) in [6.07, 6.45) is 0. The summed E-state index contributed by atoms with van der Waals surface area (Å²) in [6, 6.07) is 6.15. The van der Waals surface area contributed by atoms with Gasteiger partial charge in [0.05, 0.1) is 0 Å². The molecule has 0 aliphatic heterocycles. The normalized spacial score (nSPS) is 7.27. The summed E-state index contributed by atoms with van der Waals surface area (Å²) >= 11 is 0. The average Bonchev–Trinajstić information content (AvgIpc) is 1.97. The quantitative estimate of drug-likeness (QED) is 0.256. The fourth-order valence-electron chi connectivity index (χ4n) is 0.464. The number of hydrogen-bond donors (Lipinski definition) is 4. The number of hydrogen-bond acceptors (Lipinski definition) is 4. The van der Waals surface area contributed by atoms with E-state index in [0.717, 1.165) is 0 Å². The Morgan fingerprint density at radius 1 is 1.00 bits per heavy atom. The number of phenolic OH excluding ortho intramolecular Hbond substituents is 2. The van der Waals surface area contributed by atoms with Crippen molar-refractivity contribution in [3.63, 3.8) is 0 Å². The minimum absolute atomic E-state index is 0.0764. The number of phenols is 2. The zero-order chi connectivity index (χ0) is 8.69. The zero-order valence-corrected chi connectivity index (χ0v) is 5.65. The third-order valence-corrected chi connectivity index (χ3v) is 0.882. The summed E-state index contributed by atoms with van der Waals surface area (Å²) in [5.41, 5.74) is 11.0. The summed E-state index contributed by atoms with van der Waals surface area (Å²) in [7, 11) is 0. The molecule has 0 radical (unpaired) electrons. The highest BCUT2D eigenvalue weighted by molar-refractivity contribution is 5.36. The molecular weight excluding hydrogens is 146 g/mol. The lowest BCUT2D eigenvalue weighted by Gasteiger charge is -1.91. The molecule has 0 saturated heterocycles. The average molecular weight is 154 g/mol. The molecule has 11 heavy (non-hydrogen) atoms. The predicted molar refractivity (Wildman–Crippen MR) is 37.3 cm³/mol. The molecular formula is C6H8N3O2+. The fourth-order valence-corrected chi connectivity index (χ4v) is 0.464. The Morgan fingerprint density at radius 2 is 1.27 bits per heavy atom. The first kappa shape index (κ1) is 9.13. The largest absolute Gasteiger partial charge is 0.504 e. The van der Waals surface area contributed by atoms with Crippen molar-refractivity contribution in [1.82, 2.24) is 4.91 Å². The van der Waals surface area contributed by atoms with Crippen LogP contribution in [0.4, 0.5) is 0 Å². The van der Waals surface area contributed by atoms with Crippen LogP contribution >= 0.6 is 0 Å². The van der Waals surface area contributed by atoms with Crippen LogP contribution in [0, 0.1) is 11.1 Å². The minimum atomic E-state index is -0.0764. The van der Waals surface area contributed by atoms with Gasteiger partial charge in [-0.15, -0.1) is 0 Å². The van der Waals surface area contributed by atoms with Crippen molar-refractivity contribution in [2.24, 2.45) is 0 Å². The van der Waals surface area contributed by atoms with Gasteiger partial charge < -0.3 is 10.2 Å². The standard InChI is InChI=1S/C6H6O2.H2N3/c7-5-3-1-2-4-6(5)8;1-3-2/h1-4,7-8H;1-2H/q;+1. The van der Waals surface area contributed by atoms with Gasteiger partial charge in [-0.05, 0) is 12.1 Å². The number of para-hydroxylation sites is 2. The van der Waals surface area contributed by atoms with Crippen molar-refractivity contribution in [2.45, 2.75) is 0 Å². The van der Waals surface area contributed by atoms with Crippen molar-refractivity contribution in [3.8, 4) is 11.5 Å². The lowest BCUT2D eigenvalue weighted by molar-refractivity contribution is 0.404. The van der Waals surface area contributed by atoms with Crippen molar-refractivity contribution in [3.05, 3.63) is 24.3 Å². The monoisotopic (exact) mass is 154 g/mol. The van der Waals surface area contributed by atoms with Crippen LogP contribution in [-0.2, 0) is 0 Å². The molecule has 0 atom stereocenters. The van der Waals surface area contributed by atoms with Gasteiger partial charge in [0.2, 0.25) is 4.91 Å². The molecule has 0 amide bonds. The Labute approximate surface area is 62.9 Å². The van der Waals surface area contributed by atoms with E-state index in [-0.39, 0.29) is 11.5 Å². The Morgan fingerprint density at radius 3 is 1.45 bits per heavy atom. The van der Waals surface area contributed by atoms with Crippen LogP contribution in [-0.4, -0.2) is 10.2 Å². The van der Waals surface area contributed by atoms with Crippen LogP contribution in [0.25, 0.3) is 0 Å². The molecule has 4 N–H and O–H groups in total. The molecule has 0 aromatic heterocycles. The SMILES string of the molecule is N=[N+]=N.Oc1ccccc1O. The van der Waals surface area contributed by atoms with E-state index in [1.807, 2.05) is 4.91 Å². The van der Waals surface area contributed by atoms with Crippen molar-refractivity contribution in [1.29, 1.82) is 11.1 Å².